The Balaban J connectivity index is 1.99. The van der Waals surface area contributed by atoms with Crippen LogP contribution in [0, 0.1) is 11.8 Å². The second-order valence-corrected chi connectivity index (χ2v) is 5.87. The molecule has 1 aliphatic rings. The zero-order valence-corrected chi connectivity index (χ0v) is 12.8. The molecular formula is C15H22ClN3O. The van der Waals surface area contributed by atoms with Crippen LogP contribution in [-0.4, -0.2) is 24.0 Å². The van der Waals surface area contributed by atoms with Gasteiger partial charge >= 0.3 is 0 Å². The molecule has 1 aromatic heterocycles. The highest BCUT2D eigenvalue weighted by Crippen LogP contribution is 2.30. The van der Waals surface area contributed by atoms with E-state index in [-0.39, 0.29) is 5.91 Å². The molecule has 1 aromatic rings. The lowest BCUT2D eigenvalue weighted by Gasteiger charge is -2.16. The molecule has 4 nitrogen and oxygen atoms in total. The van der Waals surface area contributed by atoms with Crippen molar-refractivity contribution in [1.29, 1.82) is 0 Å². The predicted octanol–water partition coefficient (Wildman–Crippen LogP) is 3.33. The molecule has 0 aliphatic heterocycles. The fourth-order valence-electron chi connectivity index (χ4n) is 2.73. The highest BCUT2D eigenvalue weighted by atomic mass is 35.5. The van der Waals surface area contributed by atoms with E-state index in [0.717, 1.165) is 13.1 Å². The maximum absolute atomic E-state index is 12.2. The predicted molar refractivity (Wildman–Crippen MR) is 82.2 cm³/mol. The van der Waals surface area contributed by atoms with Gasteiger partial charge in [0.2, 0.25) is 0 Å². The Labute approximate surface area is 125 Å². The number of nitrogens with zero attached hydrogens (tertiary/aromatic N) is 1. The molecule has 110 valence electrons. The number of pyridine rings is 1. The van der Waals surface area contributed by atoms with E-state index >= 15 is 0 Å². The summed E-state index contributed by atoms with van der Waals surface area (Å²) >= 11 is 6.06. The molecule has 1 amide bonds. The SMILES string of the molecule is CCNc1cc(C(=O)NCC2CCCC2C)c(Cl)cn1. The van der Waals surface area contributed by atoms with Gasteiger partial charge in [-0.05, 0) is 31.2 Å². The molecular weight excluding hydrogens is 274 g/mol. The summed E-state index contributed by atoms with van der Waals surface area (Å²) in [7, 11) is 0. The van der Waals surface area contributed by atoms with E-state index in [2.05, 4.69) is 22.5 Å². The van der Waals surface area contributed by atoms with Gasteiger partial charge in [0.1, 0.15) is 5.82 Å². The first kappa shape index (κ1) is 15.1. The van der Waals surface area contributed by atoms with E-state index in [1.807, 2.05) is 6.92 Å². The first-order valence-corrected chi connectivity index (χ1v) is 7.67. The summed E-state index contributed by atoms with van der Waals surface area (Å²) in [5.74, 6) is 1.85. The molecule has 5 heteroatoms. The third-order valence-corrected chi connectivity index (χ3v) is 4.32. The Morgan fingerprint density at radius 2 is 2.30 bits per heavy atom. The topological polar surface area (TPSA) is 54.0 Å². The lowest BCUT2D eigenvalue weighted by atomic mass is 9.98. The number of hydrogen-bond acceptors (Lipinski definition) is 3. The lowest BCUT2D eigenvalue weighted by molar-refractivity contribution is 0.0944. The number of carbonyl (C=O) groups excluding carboxylic acids is 1. The second kappa shape index (κ2) is 6.93. The van der Waals surface area contributed by atoms with Crippen molar-refractivity contribution in [3.63, 3.8) is 0 Å². The van der Waals surface area contributed by atoms with Gasteiger partial charge in [0.05, 0.1) is 10.6 Å². The summed E-state index contributed by atoms with van der Waals surface area (Å²) in [6.07, 6.45) is 5.25. The van der Waals surface area contributed by atoms with Gasteiger partial charge in [-0.1, -0.05) is 31.4 Å². The summed E-state index contributed by atoms with van der Waals surface area (Å²) in [6, 6.07) is 1.71. The maximum atomic E-state index is 12.2. The van der Waals surface area contributed by atoms with Crippen LogP contribution in [0.2, 0.25) is 5.02 Å². The number of hydrogen-bond donors (Lipinski definition) is 2. The number of carbonyl (C=O) groups is 1. The number of anilines is 1. The van der Waals surface area contributed by atoms with Crippen LogP contribution in [0.1, 0.15) is 43.5 Å². The molecule has 1 heterocycles. The molecule has 1 aliphatic carbocycles. The first-order chi connectivity index (χ1) is 9.61. The van der Waals surface area contributed by atoms with E-state index in [4.69, 9.17) is 11.6 Å². The van der Waals surface area contributed by atoms with Gasteiger partial charge in [-0.15, -0.1) is 0 Å². The van der Waals surface area contributed by atoms with Gasteiger partial charge < -0.3 is 10.6 Å². The smallest absolute Gasteiger partial charge is 0.253 e. The van der Waals surface area contributed by atoms with E-state index in [0.29, 0.717) is 28.2 Å². The van der Waals surface area contributed by atoms with Gasteiger partial charge in [-0.2, -0.15) is 0 Å². The van der Waals surface area contributed by atoms with Crippen molar-refractivity contribution in [2.24, 2.45) is 11.8 Å². The Morgan fingerprint density at radius 3 is 2.95 bits per heavy atom. The largest absolute Gasteiger partial charge is 0.370 e. The number of rotatable bonds is 5. The Kier molecular flexibility index (Phi) is 5.24. The minimum atomic E-state index is -0.115. The molecule has 2 atom stereocenters. The van der Waals surface area contributed by atoms with Crippen molar-refractivity contribution in [2.45, 2.75) is 33.1 Å². The monoisotopic (exact) mass is 295 g/mol. The van der Waals surface area contributed by atoms with E-state index in [1.54, 1.807) is 6.07 Å². The Morgan fingerprint density at radius 1 is 1.50 bits per heavy atom. The van der Waals surface area contributed by atoms with E-state index < -0.39 is 0 Å². The van der Waals surface area contributed by atoms with Gasteiger partial charge in [0, 0.05) is 19.3 Å². The lowest BCUT2D eigenvalue weighted by Crippen LogP contribution is -2.30. The van der Waals surface area contributed by atoms with Crippen LogP contribution in [0.25, 0.3) is 0 Å². The Bertz CT molecular complexity index is 478. The van der Waals surface area contributed by atoms with E-state index in [9.17, 15) is 4.79 Å². The minimum Gasteiger partial charge on any atom is -0.370 e. The average molecular weight is 296 g/mol. The zero-order valence-electron chi connectivity index (χ0n) is 12.1. The molecule has 2 rings (SSSR count). The third-order valence-electron chi connectivity index (χ3n) is 4.02. The highest BCUT2D eigenvalue weighted by molar-refractivity contribution is 6.33. The van der Waals surface area contributed by atoms with Gasteiger partial charge in [-0.3, -0.25) is 4.79 Å². The molecule has 20 heavy (non-hydrogen) atoms. The molecule has 0 bridgehead atoms. The standard InChI is InChI=1S/C15H22ClN3O/c1-3-17-14-7-12(13(16)9-18-14)15(20)19-8-11-6-4-5-10(11)2/h7,9-11H,3-6,8H2,1-2H3,(H,17,18)(H,19,20). The van der Waals surface area contributed by atoms with Crippen molar-refractivity contribution in [3.05, 3.63) is 22.8 Å². The first-order valence-electron chi connectivity index (χ1n) is 7.29. The fraction of sp³-hybridized carbons (Fsp3) is 0.600. The van der Waals surface area contributed by atoms with Crippen LogP contribution in [0.15, 0.2) is 12.3 Å². The van der Waals surface area contributed by atoms with Crippen molar-refractivity contribution in [3.8, 4) is 0 Å². The van der Waals surface area contributed by atoms with Gasteiger partial charge in [0.25, 0.3) is 5.91 Å². The fourth-order valence-corrected chi connectivity index (χ4v) is 2.92. The summed E-state index contributed by atoms with van der Waals surface area (Å²) in [5.41, 5.74) is 0.489. The molecule has 2 unspecified atom stereocenters. The van der Waals surface area contributed by atoms with Crippen molar-refractivity contribution >= 4 is 23.3 Å². The summed E-state index contributed by atoms with van der Waals surface area (Å²) in [5, 5.41) is 6.48. The molecule has 1 saturated carbocycles. The van der Waals surface area contributed by atoms with Gasteiger partial charge in [0.15, 0.2) is 0 Å². The summed E-state index contributed by atoms with van der Waals surface area (Å²) in [4.78, 5) is 16.4. The van der Waals surface area contributed by atoms with Crippen LogP contribution in [0.4, 0.5) is 5.82 Å². The molecule has 2 N–H and O–H groups in total. The number of amides is 1. The minimum absolute atomic E-state index is 0.115. The second-order valence-electron chi connectivity index (χ2n) is 5.46. The van der Waals surface area contributed by atoms with Crippen LogP contribution < -0.4 is 10.6 Å². The number of aromatic nitrogens is 1. The molecule has 0 spiro atoms. The third kappa shape index (κ3) is 3.63. The molecule has 1 fully saturated rings. The van der Waals surface area contributed by atoms with Crippen molar-refractivity contribution in [1.82, 2.24) is 10.3 Å². The van der Waals surface area contributed by atoms with Crippen molar-refractivity contribution < 1.29 is 4.79 Å². The Hall–Kier alpha value is -1.29. The van der Waals surface area contributed by atoms with E-state index in [1.165, 1.54) is 25.5 Å². The summed E-state index contributed by atoms with van der Waals surface area (Å²) in [6.45, 7) is 5.73. The van der Waals surface area contributed by atoms with Crippen LogP contribution in [-0.2, 0) is 0 Å². The number of nitrogens with one attached hydrogen (secondary N) is 2. The highest BCUT2D eigenvalue weighted by Gasteiger charge is 2.24. The van der Waals surface area contributed by atoms with Crippen LogP contribution >= 0.6 is 11.6 Å². The quantitative estimate of drug-likeness (QED) is 0.876. The van der Waals surface area contributed by atoms with Gasteiger partial charge in [-0.25, -0.2) is 4.98 Å². The molecule has 0 saturated heterocycles. The average Bonchev–Trinajstić information content (AvgIpc) is 2.84. The van der Waals surface area contributed by atoms with Crippen LogP contribution in [0.3, 0.4) is 0 Å². The molecule has 0 aromatic carbocycles. The number of halogens is 1. The zero-order chi connectivity index (χ0) is 14.5. The molecule has 0 radical (unpaired) electrons. The van der Waals surface area contributed by atoms with Crippen LogP contribution in [0.5, 0.6) is 0 Å². The maximum Gasteiger partial charge on any atom is 0.253 e. The normalized spacial score (nSPS) is 21.8. The van der Waals surface area contributed by atoms with Crippen molar-refractivity contribution in [2.75, 3.05) is 18.4 Å². The summed E-state index contributed by atoms with van der Waals surface area (Å²) < 4.78 is 0.